The van der Waals surface area contributed by atoms with Crippen LogP contribution in [0.5, 0.6) is 0 Å². The van der Waals surface area contributed by atoms with Gasteiger partial charge in [-0.1, -0.05) is 19.9 Å². The highest BCUT2D eigenvalue weighted by Crippen LogP contribution is 2.24. The summed E-state index contributed by atoms with van der Waals surface area (Å²) in [4.78, 5) is 28.5. The Labute approximate surface area is 203 Å². The van der Waals surface area contributed by atoms with Crippen LogP contribution in [-0.2, 0) is 16.1 Å². The third-order valence-corrected chi connectivity index (χ3v) is 6.11. The number of carbonyl (C=O) groups is 1. The number of guanidine groups is 1. The first-order valence-electron chi connectivity index (χ1n) is 11.1. The molecule has 31 heavy (non-hydrogen) atoms. The maximum absolute atomic E-state index is 12.0. The van der Waals surface area contributed by atoms with Gasteiger partial charge >= 0.3 is 5.97 Å². The molecule has 9 heteroatoms. The molecule has 1 aromatic rings. The predicted molar refractivity (Wildman–Crippen MR) is 135 cm³/mol. The minimum Gasteiger partial charge on any atom is -0.469 e. The van der Waals surface area contributed by atoms with Crippen molar-refractivity contribution in [1.29, 1.82) is 0 Å². The van der Waals surface area contributed by atoms with Crippen LogP contribution in [0.15, 0.2) is 23.3 Å². The van der Waals surface area contributed by atoms with Gasteiger partial charge in [-0.05, 0) is 31.0 Å². The van der Waals surface area contributed by atoms with E-state index >= 15 is 0 Å². The molecule has 0 saturated carbocycles. The number of hydrogen-bond acceptors (Lipinski definition) is 6. The maximum atomic E-state index is 12.0. The predicted octanol–water partition coefficient (Wildman–Crippen LogP) is 2.05. The average Bonchev–Trinajstić information content (AvgIpc) is 3.18. The minimum absolute atomic E-state index is 0. The molecule has 0 radical (unpaired) electrons. The fourth-order valence-corrected chi connectivity index (χ4v) is 4.18. The average molecular weight is 544 g/mol. The van der Waals surface area contributed by atoms with Crippen LogP contribution in [0, 0.1) is 11.8 Å². The van der Waals surface area contributed by atoms with Crippen LogP contribution in [0.1, 0.15) is 26.3 Å². The van der Waals surface area contributed by atoms with Gasteiger partial charge in [0.15, 0.2) is 5.96 Å². The number of likely N-dealkylation sites (tertiary alicyclic amines) is 1. The van der Waals surface area contributed by atoms with Gasteiger partial charge in [-0.3, -0.25) is 4.79 Å². The van der Waals surface area contributed by atoms with Gasteiger partial charge in [0.05, 0.1) is 19.6 Å². The van der Waals surface area contributed by atoms with Gasteiger partial charge in [0.25, 0.3) is 0 Å². The summed E-state index contributed by atoms with van der Waals surface area (Å²) < 4.78 is 4.95. The Morgan fingerprint density at radius 3 is 2.55 bits per heavy atom. The minimum atomic E-state index is -0.139. The molecule has 174 valence electrons. The summed E-state index contributed by atoms with van der Waals surface area (Å²) in [6.07, 6.45) is 1.93. The van der Waals surface area contributed by atoms with E-state index in [1.165, 1.54) is 7.11 Å². The number of hydrogen-bond donors (Lipinski definition) is 1. The zero-order chi connectivity index (χ0) is 21.5. The maximum Gasteiger partial charge on any atom is 0.310 e. The monoisotopic (exact) mass is 544 g/mol. The molecular weight excluding hydrogens is 507 g/mol. The smallest absolute Gasteiger partial charge is 0.310 e. The van der Waals surface area contributed by atoms with Crippen LogP contribution in [0.3, 0.4) is 0 Å². The molecule has 3 rings (SSSR count). The zero-order valence-corrected chi connectivity index (χ0v) is 21.5. The Balaban J connectivity index is 0.00000341. The van der Waals surface area contributed by atoms with Gasteiger partial charge in [-0.15, -0.1) is 24.0 Å². The van der Waals surface area contributed by atoms with Crippen molar-refractivity contribution in [1.82, 2.24) is 20.1 Å². The van der Waals surface area contributed by atoms with Crippen molar-refractivity contribution in [3.8, 4) is 0 Å². The number of ether oxygens (including phenoxy) is 1. The Bertz CT molecular complexity index is 721. The van der Waals surface area contributed by atoms with Crippen LogP contribution in [0.2, 0.25) is 0 Å². The molecule has 2 saturated heterocycles. The van der Waals surface area contributed by atoms with Gasteiger partial charge in [-0.2, -0.15) is 0 Å². The summed E-state index contributed by atoms with van der Waals surface area (Å²) in [7, 11) is 1.46. The third kappa shape index (κ3) is 6.68. The van der Waals surface area contributed by atoms with E-state index in [4.69, 9.17) is 9.73 Å². The molecule has 0 spiro atoms. The summed E-state index contributed by atoms with van der Waals surface area (Å²) in [5.41, 5.74) is 1.08. The van der Waals surface area contributed by atoms with Crippen LogP contribution in [0.4, 0.5) is 5.82 Å². The standard InChI is InChI=1S/C22H36N6O2.HI/c1-5-23-22(28-15-17(3)19(16-28)21(29)30-4)25-14-18-7-8-20(24-13-18)27-11-9-26(6-2)10-12-27;/h7-8,13,17,19H,5-6,9-12,14-16H2,1-4H3,(H,23,25);1H. The number of likely N-dealkylation sites (N-methyl/N-ethyl adjacent to an activating group) is 1. The van der Waals surface area contributed by atoms with Crippen LogP contribution in [0.25, 0.3) is 0 Å². The zero-order valence-electron chi connectivity index (χ0n) is 19.2. The number of anilines is 1. The third-order valence-electron chi connectivity index (χ3n) is 6.11. The lowest BCUT2D eigenvalue weighted by atomic mass is 9.99. The Kier molecular flexibility index (Phi) is 10.3. The number of esters is 1. The van der Waals surface area contributed by atoms with Gasteiger partial charge in [-0.25, -0.2) is 9.98 Å². The van der Waals surface area contributed by atoms with Crippen molar-refractivity contribution in [2.45, 2.75) is 27.3 Å². The van der Waals surface area contributed by atoms with Crippen LogP contribution >= 0.6 is 24.0 Å². The number of nitrogens with one attached hydrogen (secondary N) is 1. The van der Waals surface area contributed by atoms with Crippen molar-refractivity contribution in [3.05, 3.63) is 23.9 Å². The first-order valence-corrected chi connectivity index (χ1v) is 11.1. The molecular formula is C22H37IN6O2. The number of nitrogens with zero attached hydrogens (tertiary/aromatic N) is 5. The first-order chi connectivity index (χ1) is 14.5. The number of carbonyl (C=O) groups excluding carboxylic acids is 1. The molecule has 3 heterocycles. The molecule has 2 fully saturated rings. The highest BCUT2D eigenvalue weighted by molar-refractivity contribution is 14.0. The van der Waals surface area contributed by atoms with Crippen LogP contribution in [-0.4, -0.2) is 86.2 Å². The molecule has 2 aliphatic heterocycles. The van der Waals surface area contributed by atoms with E-state index in [9.17, 15) is 4.79 Å². The number of rotatable bonds is 6. The Hall–Kier alpha value is -1.62. The second kappa shape index (κ2) is 12.4. The highest BCUT2D eigenvalue weighted by Gasteiger charge is 2.36. The number of halogens is 1. The number of aromatic nitrogens is 1. The molecule has 8 nitrogen and oxygen atoms in total. The topological polar surface area (TPSA) is 73.3 Å². The lowest BCUT2D eigenvalue weighted by molar-refractivity contribution is -0.145. The van der Waals surface area contributed by atoms with E-state index in [1.807, 2.05) is 6.20 Å². The molecule has 0 amide bonds. The first kappa shape index (κ1) is 25.6. The molecule has 2 atom stereocenters. The number of aliphatic imine (C=N–C) groups is 1. The fraction of sp³-hybridized carbons (Fsp3) is 0.682. The van der Waals surface area contributed by atoms with E-state index < -0.39 is 0 Å². The van der Waals surface area contributed by atoms with E-state index in [-0.39, 0.29) is 41.8 Å². The van der Waals surface area contributed by atoms with Crippen molar-refractivity contribution in [3.63, 3.8) is 0 Å². The molecule has 0 aliphatic carbocycles. The van der Waals surface area contributed by atoms with E-state index in [0.29, 0.717) is 13.1 Å². The summed E-state index contributed by atoms with van der Waals surface area (Å²) in [6, 6.07) is 4.22. The number of piperazine rings is 1. The normalized spacial score (nSPS) is 22.3. The van der Waals surface area contributed by atoms with E-state index in [2.05, 4.69) is 57.9 Å². The summed E-state index contributed by atoms with van der Waals surface area (Å²) >= 11 is 0. The van der Waals surface area contributed by atoms with Crippen molar-refractivity contribution < 1.29 is 9.53 Å². The SMILES string of the molecule is CCNC(=NCc1ccc(N2CCN(CC)CC2)nc1)N1CC(C)C(C(=O)OC)C1.I. The van der Waals surface area contributed by atoms with Crippen molar-refractivity contribution >= 4 is 41.7 Å². The summed E-state index contributed by atoms with van der Waals surface area (Å²) in [6.45, 7) is 14.5. The lowest BCUT2D eigenvalue weighted by Gasteiger charge is -2.34. The van der Waals surface area contributed by atoms with E-state index in [0.717, 1.165) is 63.2 Å². The van der Waals surface area contributed by atoms with Gasteiger partial charge in [0, 0.05) is 52.0 Å². The number of pyridine rings is 1. The molecule has 1 aromatic heterocycles. The summed E-state index contributed by atoms with van der Waals surface area (Å²) in [5, 5.41) is 3.36. The molecule has 2 unspecified atom stereocenters. The number of methoxy groups -OCH3 is 1. The Morgan fingerprint density at radius 1 is 1.23 bits per heavy atom. The molecule has 0 aromatic carbocycles. The Morgan fingerprint density at radius 2 is 1.97 bits per heavy atom. The van der Waals surface area contributed by atoms with Crippen molar-refractivity contribution in [2.75, 3.05) is 64.4 Å². The second-order valence-corrected chi connectivity index (χ2v) is 8.13. The molecule has 0 bridgehead atoms. The van der Waals surface area contributed by atoms with E-state index in [1.54, 1.807) is 0 Å². The summed E-state index contributed by atoms with van der Waals surface area (Å²) in [5.74, 6) is 1.89. The fourth-order valence-electron chi connectivity index (χ4n) is 4.18. The van der Waals surface area contributed by atoms with Gasteiger partial charge in [0.1, 0.15) is 5.82 Å². The molecule has 1 N–H and O–H groups in total. The van der Waals surface area contributed by atoms with Gasteiger partial charge in [0.2, 0.25) is 0 Å². The largest absolute Gasteiger partial charge is 0.469 e. The lowest BCUT2D eigenvalue weighted by Crippen LogP contribution is -2.46. The second-order valence-electron chi connectivity index (χ2n) is 8.13. The van der Waals surface area contributed by atoms with Crippen LogP contribution < -0.4 is 10.2 Å². The molecule has 2 aliphatic rings. The quantitative estimate of drug-likeness (QED) is 0.255. The van der Waals surface area contributed by atoms with Crippen molar-refractivity contribution in [2.24, 2.45) is 16.8 Å². The highest BCUT2D eigenvalue weighted by atomic mass is 127. The van der Waals surface area contributed by atoms with Gasteiger partial charge < -0.3 is 24.8 Å².